The van der Waals surface area contributed by atoms with E-state index in [1.54, 1.807) is 30.3 Å². The van der Waals surface area contributed by atoms with Crippen LogP contribution in [0.4, 0.5) is 18.9 Å². The van der Waals surface area contributed by atoms with Gasteiger partial charge in [0.05, 0.1) is 21.4 Å². The number of nitrogens with one attached hydrogen (secondary N) is 1. The van der Waals surface area contributed by atoms with E-state index < -0.39 is 24.4 Å². The summed E-state index contributed by atoms with van der Waals surface area (Å²) in [5.74, 6) is -0.881. The maximum absolute atomic E-state index is 13.1. The van der Waals surface area contributed by atoms with Crippen LogP contribution >= 0.6 is 23.2 Å². The van der Waals surface area contributed by atoms with E-state index in [-0.39, 0.29) is 16.6 Å². The largest absolute Gasteiger partial charge is 0.467 e. The predicted molar refractivity (Wildman–Crippen MR) is 104 cm³/mol. The number of anilines is 1. The van der Waals surface area contributed by atoms with E-state index in [0.29, 0.717) is 16.8 Å². The van der Waals surface area contributed by atoms with Gasteiger partial charge in [0.25, 0.3) is 5.91 Å². The van der Waals surface area contributed by atoms with Crippen LogP contribution in [0.25, 0.3) is 5.69 Å². The molecule has 0 unspecified atom stereocenters. The smallest absolute Gasteiger partial charge is 0.435 e. The number of ether oxygens (including phenoxy) is 1. The zero-order chi connectivity index (χ0) is 21.2. The van der Waals surface area contributed by atoms with Crippen molar-refractivity contribution in [2.24, 2.45) is 0 Å². The van der Waals surface area contributed by atoms with Gasteiger partial charge in [-0.15, -0.1) is 0 Å². The molecule has 0 aliphatic rings. The second kappa shape index (κ2) is 8.34. The minimum atomic E-state index is -4.69. The molecule has 0 spiro atoms. The number of aromatic nitrogens is 2. The van der Waals surface area contributed by atoms with Crippen molar-refractivity contribution in [3.05, 3.63) is 69.8 Å². The summed E-state index contributed by atoms with van der Waals surface area (Å²) < 4.78 is 45.5. The van der Waals surface area contributed by atoms with Crippen LogP contribution in [0.15, 0.2) is 48.5 Å². The van der Waals surface area contributed by atoms with E-state index in [2.05, 4.69) is 10.4 Å². The molecule has 2 aromatic carbocycles. The fraction of sp³-hybridized carbons (Fsp3) is 0.158. The summed E-state index contributed by atoms with van der Waals surface area (Å²) in [5.41, 5.74) is 0.254. The van der Waals surface area contributed by atoms with Crippen LogP contribution in [0.3, 0.4) is 0 Å². The molecule has 29 heavy (non-hydrogen) atoms. The molecule has 1 heterocycles. The Morgan fingerprint density at radius 2 is 1.86 bits per heavy atom. The molecule has 0 bridgehead atoms. The first-order chi connectivity index (χ1) is 13.6. The number of benzene rings is 2. The van der Waals surface area contributed by atoms with Gasteiger partial charge in [0.1, 0.15) is 0 Å². The van der Waals surface area contributed by atoms with Crippen molar-refractivity contribution in [3.63, 3.8) is 0 Å². The van der Waals surface area contributed by atoms with Gasteiger partial charge in [0.15, 0.2) is 12.3 Å². The molecule has 5 nitrogen and oxygen atoms in total. The molecular formula is C19H14Cl2F3N3O2. The Labute approximate surface area is 174 Å². The number of halogens is 5. The summed E-state index contributed by atoms with van der Waals surface area (Å²) >= 11 is 12.1. The summed E-state index contributed by atoms with van der Waals surface area (Å²) in [7, 11) is 0. The van der Waals surface area contributed by atoms with Crippen molar-refractivity contribution < 1.29 is 22.7 Å². The van der Waals surface area contributed by atoms with E-state index in [9.17, 15) is 18.0 Å². The fourth-order valence-electron chi connectivity index (χ4n) is 2.46. The maximum Gasteiger partial charge on any atom is 0.435 e. The monoisotopic (exact) mass is 443 g/mol. The molecule has 1 aromatic heterocycles. The van der Waals surface area contributed by atoms with Crippen LogP contribution in [0.2, 0.25) is 10.0 Å². The molecule has 1 N–H and O–H groups in total. The molecule has 0 saturated carbocycles. The lowest BCUT2D eigenvalue weighted by Crippen LogP contribution is -2.21. The predicted octanol–water partition coefficient (Wildman–Crippen LogP) is 5.52. The SMILES string of the molecule is Cc1ccc(Cl)c(NC(=O)COc2cc(C(F)(F)F)nn2-c2ccccc2Cl)c1. The van der Waals surface area contributed by atoms with Gasteiger partial charge in [-0.3, -0.25) is 4.79 Å². The number of nitrogens with zero attached hydrogens (tertiary/aromatic N) is 2. The zero-order valence-electron chi connectivity index (χ0n) is 14.9. The molecule has 0 radical (unpaired) electrons. The van der Waals surface area contributed by atoms with Crippen molar-refractivity contribution in [2.45, 2.75) is 13.1 Å². The van der Waals surface area contributed by atoms with E-state index in [1.807, 2.05) is 6.92 Å². The quantitative estimate of drug-likeness (QED) is 0.564. The van der Waals surface area contributed by atoms with E-state index >= 15 is 0 Å². The third-order valence-electron chi connectivity index (χ3n) is 3.79. The first kappa shape index (κ1) is 21.0. The highest BCUT2D eigenvalue weighted by Crippen LogP contribution is 2.33. The number of carbonyl (C=O) groups excluding carboxylic acids is 1. The minimum absolute atomic E-state index is 0.171. The highest BCUT2D eigenvalue weighted by molar-refractivity contribution is 6.33. The number of rotatable bonds is 5. The number of alkyl halides is 3. The van der Waals surface area contributed by atoms with E-state index in [0.717, 1.165) is 10.2 Å². The van der Waals surface area contributed by atoms with Gasteiger partial charge < -0.3 is 10.1 Å². The lowest BCUT2D eigenvalue weighted by molar-refractivity contribution is -0.141. The van der Waals surface area contributed by atoms with Gasteiger partial charge in [-0.05, 0) is 36.8 Å². The van der Waals surface area contributed by atoms with Gasteiger partial charge in [-0.1, -0.05) is 41.4 Å². The van der Waals surface area contributed by atoms with Crippen LogP contribution in [-0.2, 0) is 11.0 Å². The molecule has 3 rings (SSSR count). The Hall–Kier alpha value is -2.71. The Balaban J connectivity index is 1.83. The third kappa shape index (κ3) is 5.02. The van der Waals surface area contributed by atoms with Gasteiger partial charge in [-0.25, -0.2) is 0 Å². The first-order valence-electron chi connectivity index (χ1n) is 8.26. The first-order valence-corrected chi connectivity index (χ1v) is 9.01. The van der Waals surface area contributed by atoms with E-state index in [1.165, 1.54) is 12.1 Å². The number of aryl methyl sites for hydroxylation is 1. The number of carbonyl (C=O) groups is 1. The lowest BCUT2D eigenvalue weighted by Gasteiger charge is -2.11. The molecule has 152 valence electrons. The molecule has 0 aliphatic carbocycles. The second-order valence-corrected chi connectivity index (χ2v) is 6.86. The van der Waals surface area contributed by atoms with E-state index in [4.69, 9.17) is 27.9 Å². The molecule has 3 aromatic rings. The van der Waals surface area contributed by atoms with Crippen molar-refractivity contribution in [1.82, 2.24) is 9.78 Å². The van der Waals surface area contributed by atoms with Crippen molar-refractivity contribution in [2.75, 3.05) is 11.9 Å². The van der Waals surface area contributed by atoms with Crippen LogP contribution in [0, 0.1) is 6.92 Å². The zero-order valence-corrected chi connectivity index (χ0v) is 16.4. The Morgan fingerprint density at radius 1 is 1.14 bits per heavy atom. The number of hydrogen-bond donors (Lipinski definition) is 1. The lowest BCUT2D eigenvalue weighted by atomic mass is 10.2. The van der Waals surface area contributed by atoms with Crippen molar-refractivity contribution in [1.29, 1.82) is 0 Å². The molecule has 0 saturated heterocycles. The molecule has 0 atom stereocenters. The van der Waals surface area contributed by atoms with Crippen molar-refractivity contribution in [3.8, 4) is 11.6 Å². The number of hydrogen-bond acceptors (Lipinski definition) is 3. The van der Waals surface area contributed by atoms with Crippen molar-refractivity contribution >= 4 is 34.8 Å². The Morgan fingerprint density at radius 3 is 2.55 bits per heavy atom. The van der Waals surface area contributed by atoms with Crippen LogP contribution in [0.5, 0.6) is 5.88 Å². The van der Waals surface area contributed by atoms with Gasteiger partial charge >= 0.3 is 6.18 Å². The third-order valence-corrected chi connectivity index (χ3v) is 4.44. The fourth-order valence-corrected chi connectivity index (χ4v) is 2.84. The Bertz CT molecular complexity index is 1050. The molecule has 0 aliphatic heterocycles. The normalized spacial score (nSPS) is 11.4. The minimum Gasteiger partial charge on any atom is -0.467 e. The molecule has 1 amide bonds. The van der Waals surface area contributed by atoms with Crippen LogP contribution in [-0.4, -0.2) is 22.3 Å². The summed E-state index contributed by atoms with van der Waals surface area (Å²) in [6.45, 7) is 1.26. The molecule has 0 fully saturated rings. The van der Waals surface area contributed by atoms with Crippen LogP contribution < -0.4 is 10.1 Å². The summed E-state index contributed by atoms with van der Waals surface area (Å²) in [5, 5.41) is 6.58. The highest BCUT2D eigenvalue weighted by Gasteiger charge is 2.36. The van der Waals surface area contributed by atoms with Gasteiger partial charge in [0, 0.05) is 6.07 Å². The average Bonchev–Trinajstić information content (AvgIpc) is 3.08. The second-order valence-electron chi connectivity index (χ2n) is 6.05. The van der Waals surface area contributed by atoms with Gasteiger partial charge in [0.2, 0.25) is 5.88 Å². The summed E-state index contributed by atoms with van der Waals surface area (Å²) in [4.78, 5) is 12.2. The highest BCUT2D eigenvalue weighted by atomic mass is 35.5. The molecular weight excluding hydrogens is 430 g/mol. The van der Waals surface area contributed by atoms with Gasteiger partial charge in [-0.2, -0.15) is 23.0 Å². The maximum atomic E-state index is 13.1. The topological polar surface area (TPSA) is 56.1 Å². The average molecular weight is 444 g/mol. The number of amides is 1. The summed E-state index contributed by atoms with van der Waals surface area (Å²) in [6, 6.07) is 12.0. The standard InChI is InChI=1S/C19H14Cl2F3N3O2/c1-11-6-7-12(20)14(8-11)25-17(28)10-29-18-9-16(19(22,23)24)26-27(18)15-5-3-2-4-13(15)21/h2-9H,10H2,1H3,(H,25,28). The Kier molecular flexibility index (Phi) is 6.04. The summed E-state index contributed by atoms with van der Waals surface area (Å²) in [6.07, 6.45) is -4.69. The number of para-hydroxylation sites is 1. The molecule has 10 heteroatoms. The van der Waals surface area contributed by atoms with Crippen LogP contribution in [0.1, 0.15) is 11.3 Å².